The van der Waals surface area contributed by atoms with Crippen LogP contribution in [0.5, 0.6) is 5.75 Å². The van der Waals surface area contributed by atoms with E-state index < -0.39 is 0 Å². The van der Waals surface area contributed by atoms with Crippen LogP contribution >= 0.6 is 0 Å². The highest BCUT2D eigenvalue weighted by atomic mass is 16.5. The van der Waals surface area contributed by atoms with E-state index in [2.05, 4.69) is 10.4 Å². The van der Waals surface area contributed by atoms with Gasteiger partial charge in [0.2, 0.25) is 0 Å². The normalized spacial score (nSPS) is 10.1. The lowest BCUT2D eigenvalue weighted by molar-refractivity contribution is 0.102. The van der Waals surface area contributed by atoms with Gasteiger partial charge < -0.3 is 15.8 Å². The molecule has 0 radical (unpaired) electrons. The molecule has 1 aromatic heterocycles. The molecule has 0 atom stereocenters. The number of anilines is 2. The van der Waals surface area contributed by atoms with E-state index in [1.54, 1.807) is 42.2 Å². The van der Waals surface area contributed by atoms with Crippen LogP contribution < -0.4 is 15.8 Å². The monoisotopic (exact) mass is 246 g/mol. The zero-order valence-corrected chi connectivity index (χ0v) is 10.2. The van der Waals surface area contributed by atoms with E-state index >= 15 is 0 Å². The molecule has 3 N–H and O–H groups in total. The summed E-state index contributed by atoms with van der Waals surface area (Å²) in [6.45, 7) is 0. The quantitative estimate of drug-likeness (QED) is 0.799. The maximum absolute atomic E-state index is 12.0. The predicted molar refractivity (Wildman–Crippen MR) is 68.6 cm³/mol. The second-order valence-corrected chi connectivity index (χ2v) is 3.75. The fourth-order valence-corrected chi connectivity index (χ4v) is 1.56. The number of methoxy groups -OCH3 is 1. The molecule has 18 heavy (non-hydrogen) atoms. The number of carbonyl (C=O) groups is 1. The fourth-order valence-electron chi connectivity index (χ4n) is 1.56. The molecule has 0 bridgehead atoms. The first-order valence-corrected chi connectivity index (χ1v) is 5.34. The number of amides is 1. The maximum atomic E-state index is 12.0. The summed E-state index contributed by atoms with van der Waals surface area (Å²) < 4.78 is 6.61. The Kier molecular flexibility index (Phi) is 3.18. The molecule has 0 saturated carbocycles. The Hall–Kier alpha value is -2.50. The van der Waals surface area contributed by atoms with Gasteiger partial charge in [-0.15, -0.1) is 0 Å². The minimum absolute atomic E-state index is 0.243. The Morgan fingerprint density at radius 2 is 2.22 bits per heavy atom. The molecule has 2 rings (SSSR count). The van der Waals surface area contributed by atoms with Gasteiger partial charge in [-0.25, -0.2) is 0 Å². The molecule has 6 nitrogen and oxygen atoms in total. The summed E-state index contributed by atoms with van der Waals surface area (Å²) in [6, 6.07) is 6.60. The Labute approximate surface area is 104 Å². The van der Waals surface area contributed by atoms with Crippen LogP contribution in [0.2, 0.25) is 0 Å². The number of nitrogens with two attached hydrogens (primary N) is 1. The highest BCUT2D eigenvalue weighted by Gasteiger charge is 2.10. The van der Waals surface area contributed by atoms with E-state index in [9.17, 15) is 4.79 Å². The number of nitrogens with one attached hydrogen (secondary N) is 1. The highest BCUT2D eigenvalue weighted by molar-refractivity contribution is 6.04. The van der Waals surface area contributed by atoms with E-state index in [0.29, 0.717) is 22.8 Å². The van der Waals surface area contributed by atoms with Crippen LogP contribution in [0.15, 0.2) is 30.5 Å². The van der Waals surface area contributed by atoms with Gasteiger partial charge in [0, 0.05) is 18.7 Å². The summed E-state index contributed by atoms with van der Waals surface area (Å²) in [6.07, 6.45) is 1.61. The minimum Gasteiger partial charge on any atom is -0.495 e. The summed E-state index contributed by atoms with van der Waals surface area (Å²) in [4.78, 5) is 12.0. The summed E-state index contributed by atoms with van der Waals surface area (Å²) in [5, 5.41) is 6.70. The molecule has 0 spiro atoms. The van der Waals surface area contributed by atoms with Crippen LogP contribution in [0.3, 0.4) is 0 Å². The molecule has 0 aliphatic heterocycles. The summed E-state index contributed by atoms with van der Waals surface area (Å²) >= 11 is 0. The fraction of sp³-hybridized carbons (Fsp3) is 0.167. The van der Waals surface area contributed by atoms with Crippen LogP contribution in [-0.4, -0.2) is 22.8 Å². The van der Waals surface area contributed by atoms with Gasteiger partial charge in [-0.3, -0.25) is 9.48 Å². The number of hydrogen-bond donors (Lipinski definition) is 2. The van der Waals surface area contributed by atoms with Crippen molar-refractivity contribution in [1.82, 2.24) is 9.78 Å². The number of ether oxygens (including phenoxy) is 1. The first kappa shape index (κ1) is 12.0. The molecule has 0 fully saturated rings. The third-order valence-corrected chi connectivity index (χ3v) is 2.55. The molecular formula is C12H14N4O2. The van der Waals surface area contributed by atoms with Crippen LogP contribution in [-0.2, 0) is 7.05 Å². The highest BCUT2D eigenvalue weighted by Crippen LogP contribution is 2.22. The van der Waals surface area contributed by atoms with E-state index in [4.69, 9.17) is 10.5 Å². The van der Waals surface area contributed by atoms with Gasteiger partial charge in [0.15, 0.2) is 0 Å². The molecule has 0 unspecified atom stereocenters. The zero-order valence-electron chi connectivity index (χ0n) is 10.2. The average Bonchev–Trinajstić information content (AvgIpc) is 2.75. The number of benzene rings is 1. The van der Waals surface area contributed by atoms with Crippen LogP contribution in [0.4, 0.5) is 11.5 Å². The summed E-state index contributed by atoms with van der Waals surface area (Å²) in [7, 11) is 3.28. The van der Waals surface area contributed by atoms with Gasteiger partial charge in [-0.1, -0.05) is 0 Å². The van der Waals surface area contributed by atoms with Crippen molar-refractivity contribution in [3.63, 3.8) is 0 Å². The number of carbonyl (C=O) groups excluding carboxylic acids is 1. The van der Waals surface area contributed by atoms with Crippen molar-refractivity contribution in [2.24, 2.45) is 7.05 Å². The average molecular weight is 246 g/mol. The van der Waals surface area contributed by atoms with Gasteiger partial charge >= 0.3 is 0 Å². The Morgan fingerprint density at radius 1 is 1.44 bits per heavy atom. The van der Waals surface area contributed by atoms with E-state index in [0.717, 1.165) is 0 Å². The number of nitrogen functional groups attached to an aromatic ring is 1. The largest absolute Gasteiger partial charge is 0.495 e. The molecule has 1 aromatic carbocycles. The molecule has 0 aliphatic carbocycles. The first-order chi connectivity index (χ1) is 8.61. The van der Waals surface area contributed by atoms with Gasteiger partial charge in [-0.2, -0.15) is 5.10 Å². The van der Waals surface area contributed by atoms with Crippen molar-refractivity contribution in [2.75, 3.05) is 18.2 Å². The number of aryl methyl sites for hydroxylation is 1. The SMILES string of the molecule is COc1ccc(C(=O)Nc2ccnn2C)cc1N. The summed E-state index contributed by atoms with van der Waals surface area (Å²) in [5.74, 6) is 0.925. The second-order valence-electron chi connectivity index (χ2n) is 3.75. The van der Waals surface area contributed by atoms with E-state index in [1.807, 2.05) is 0 Å². The predicted octanol–water partition coefficient (Wildman–Crippen LogP) is 1.26. The Balaban J connectivity index is 2.19. The van der Waals surface area contributed by atoms with Gasteiger partial charge in [0.25, 0.3) is 5.91 Å². The van der Waals surface area contributed by atoms with Gasteiger partial charge in [0.1, 0.15) is 11.6 Å². The molecular weight excluding hydrogens is 232 g/mol. The number of hydrogen-bond acceptors (Lipinski definition) is 4. The lowest BCUT2D eigenvalue weighted by Crippen LogP contribution is -2.14. The summed E-state index contributed by atoms with van der Waals surface area (Å²) in [5.41, 5.74) is 6.64. The zero-order chi connectivity index (χ0) is 13.1. The molecule has 0 saturated heterocycles. The molecule has 94 valence electrons. The first-order valence-electron chi connectivity index (χ1n) is 5.34. The van der Waals surface area contributed by atoms with Crippen molar-refractivity contribution >= 4 is 17.4 Å². The minimum atomic E-state index is -0.243. The molecule has 1 amide bonds. The van der Waals surface area contributed by atoms with Crippen molar-refractivity contribution < 1.29 is 9.53 Å². The lowest BCUT2D eigenvalue weighted by Gasteiger charge is -2.08. The third-order valence-electron chi connectivity index (χ3n) is 2.55. The third kappa shape index (κ3) is 2.27. The van der Waals surface area contributed by atoms with Gasteiger partial charge in [-0.05, 0) is 18.2 Å². The maximum Gasteiger partial charge on any atom is 0.256 e. The Morgan fingerprint density at radius 3 is 2.78 bits per heavy atom. The molecule has 2 aromatic rings. The number of rotatable bonds is 3. The van der Waals surface area contributed by atoms with E-state index in [-0.39, 0.29) is 5.91 Å². The smallest absolute Gasteiger partial charge is 0.256 e. The topological polar surface area (TPSA) is 82.2 Å². The molecule has 6 heteroatoms. The van der Waals surface area contributed by atoms with Crippen molar-refractivity contribution in [1.29, 1.82) is 0 Å². The van der Waals surface area contributed by atoms with Gasteiger partial charge in [0.05, 0.1) is 19.0 Å². The second kappa shape index (κ2) is 4.79. The van der Waals surface area contributed by atoms with Crippen LogP contribution in [0, 0.1) is 0 Å². The van der Waals surface area contributed by atoms with E-state index in [1.165, 1.54) is 7.11 Å². The van der Waals surface area contributed by atoms with Crippen molar-refractivity contribution in [2.45, 2.75) is 0 Å². The van der Waals surface area contributed by atoms with Crippen molar-refractivity contribution in [3.8, 4) is 5.75 Å². The Bertz CT molecular complexity index is 577. The molecule has 1 heterocycles. The molecule has 0 aliphatic rings. The van der Waals surface area contributed by atoms with Crippen molar-refractivity contribution in [3.05, 3.63) is 36.0 Å². The number of aromatic nitrogens is 2. The van der Waals surface area contributed by atoms with Crippen LogP contribution in [0.1, 0.15) is 10.4 Å². The van der Waals surface area contributed by atoms with Crippen LogP contribution in [0.25, 0.3) is 0 Å². The number of nitrogens with zero attached hydrogens (tertiary/aromatic N) is 2. The standard InChI is InChI=1S/C12H14N4O2/c1-16-11(5-6-14-16)15-12(17)8-3-4-10(18-2)9(13)7-8/h3-7H,13H2,1-2H3,(H,15,17). The lowest BCUT2D eigenvalue weighted by atomic mass is 10.2.